The van der Waals surface area contributed by atoms with Crippen LogP contribution in [0.3, 0.4) is 0 Å². The van der Waals surface area contributed by atoms with Crippen LogP contribution in [-0.4, -0.2) is 29.5 Å². The van der Waals surface area contributed by atoms with E-state index in [1.165, 1.54) is 5.56 Å². The predicted molar refractivity (Wildman–Crippen MR) is 69.9 cm³/mol. The van der Waals surface area contributed by atoms with E-state index >= 15 is 0 Å². The molecule has 0 fully saturated rings. The van der Waals surface area contributed by atoms with Crippen molar-refractivity contribution >= 4 is 0 Å². The van der Waals surface area contributed by atoms with Gasteiger partial charge in [-0.3, -0.25) is 4.68 Å². The molecule has 0 saturated carbocycles. The molecule has 0 unspecified atom stereocenters. The molecule has 96 valence electrons. The van der Waals surface area contributed by atoms with Crippen LogP contribution in [0.1, 0.15) is 25.3 Å². The smallest absolute Gasteiger partial charge is 0.0591 e. The fourth-order valence-corrected chi connectivity index (χ4v) is 1.49. The number of aryl methyl sites for hydroxylation is 1. The quantitative estimate of drug-likeness (QED) is 0.499. The van der Waals surface area contributed by atoms with Gasteiger partial charge in [0, 0.05) is 31.4 Å². The summed E-state index contributed by atoms with van der Waals surface area (Å²) in [6, 6.07) is 0. The minimum absolute atomic E-state index is 0.747. The number of hydrogen-bond donors (Lipinski definition) is 1. The van der Waals surface area contributed by atoms with Gasteiger partial charge in [0.25, 0.3) is 0 Å². The van der Waals surface area contributed by atoms with Gasteiger partial charge in [-0.25, -0.2) is 0 Å². The highest BCUT2D eigenvalue weighted by Crippen LogP contribution is 1.97. The van der Waals surface area contributed by atoms with Crippen molar-refractivity contribution < 1.29 is 4.74 Å². The molecule has 0 aliphatic rings. The molecule has 4 nitrogen and oxygen atoms in total. The van der Waals surface area contributed by atoms with Gasteiger partial charge in [0.1, 0.15) is 0 Å². The van der Waals surface area contributed by atoms with Crippen molar-refractivity contribution in [2.75, 3.05) is 19.8 Å². The fourth-order valence-electron chi connectivity index (χ4n) is 1.49. The normalized spacial score (nSPS) is 10.6. The van der Waals surface area contributed by atoms with Gasteiger partial charge in [-0.05, 0) is 12.8 Å². The predicted octanol–water partition coefficient (Wildman–Crippen LogP) is 1.98. The van der Waals surface area contributed by atoms with E-state index in [0.29, 0.717) is 0 Å². The summed E-state index contributed by atoms with van der Waals surface area (Å²) in [5.41, 5.74) is 1.23. The largest absolute Gasteiger partial charge is 0.380 e. The van der Waals surface area contributed by atoms with Gasteiger partial charge in [0.2, 0.25) is 0 Å². The van der Waals surface area contributed by atoms with Gasteiger partial charge in [0.15, 0.2) is 0 Å². The van der Waals surface area contributed by atoms with Crippen LogP contribution in [0.15, 0.2) is 25.0 Å². The van der Waals surface area contributed by atoms with Gasteiger partial charge in [-0.15, -0.1) is 6.58 Å². The summed E-state index contributed by atoms with van der Waals surface area (Å²) in [6.07, 6.45) is 7.92. The second-order valence-corrected chi connectivity index (χ2v) is 3.98. The topological polar surface area (TPSA) is 39.1 Å². The molecule has 0 amide bonds. The van der Waals surface area contributed by atoms with Crippen LogP contribution in [0.2, 0.25) is 0 Å². The maximum absolute atomic E-state index is 5.40. The van der Waals surface area contributed by atoms with E-state index in [2.05, 4.69) is 30.1 Å². The highest BCUT2D eigenvalue weighted by atomic mass is 16.5. The minimum Gasteiger partial charge on any atom is -0.380 e. The number of hydrogen-bond acceptors (Lipinski definition) is 3. The second kappa shape index (κ2) is 8.96. The lowest BCUT2D eigenvalue weighted by atomic mass is 10.3. The van der Waals surface area contributed by atoms with Crippen molar-refractivity contribution in [1.29, 1.82) is 0 Å². The molecular weight excluding hydrogens is 214 g/mol. The molecule has 1 aromatic heterocycles. The van der Waals surface area contributed by atoms with E-state index in [4.69, 9.17) is 4.74 Å². The van der Waals surface area contributed by atoms with Crippen LogP contribution >= 0.6 is 0 Å². The Kier molecular flexibility index (Phi) is 7.34. The summed E-state index contributed by atoms with van der Waals surface area (Å²) >= 11 is 0. The summed E-state index contributed by atoms with van der Waals surface area (Å²) in [5, 5.41) is 7.61. The zero-order valence-electron chi connectivity index (χ0n) is 10.7. The molecule has 0 bridgehead atoms. The Hall–Kier alpha value is -1.13. The molecule has 1 rings (SSSR count). The number of aromatic nitrogens is 2. The molecule has 0 radical (unpaired) electrons. The number of nitrogens with one attached hydrogen (secondary N) is 1. The molecule has 0 aliphatic heterocycles. The molecule has 0 spiro atoms. The van der Waals surface area contributed by atoms with Crippen LogP contribution in [0.25, 0.3) is 0 Å². The summed E-state index contributed by atoms with van der Waals surface area (Å²) in [5.74, 6) is 0. The summed E-state index contributed by atoms with van der Waals surface area (Å²) in [7, 11) is 0. The molecule has 0 aromatic carbocycles. The first kappa shape index (κ1) is 13.9. The van der Waals surface area contributed by atoms with Crippen LogP contribution in [0, 0.1) is 0 Å². The third-order valence-corrected chi connectivity index (χ3v) is 2.36. The summed E-state index contributed by atoms with van der Waals surface area (Å²) < 4.78 is 7.38. The SMILES string of the molecule is C=CCCOCCNCc1cnn(CCC)c1. The first-order valence-corrected chi connectivity index (χ1v) is 6.27. The number of ether oxygens (including phenoxy) is 1. The fraction of sp³-hybridized carbons (Fsp3) is 0.615. The lowest BCUT2D eigenvalue weighted by Gasteiger charge is -2.03. The maximum Gasteiger partial charge on any atom is 0.0591 e. The Balaban J connectivity index is 2.03. The summed E-state index contributed by atoms with van der Waals surface area (Å²) in [6.45, 7) is 10.0. The first-order valence-electron chi connectivity index (χ1n) is 6.27. The molecule has 1 heterocycles. The van der Waals surface area contributed by atoms with Gasteiger partial charge in [0.05, 0.1) is 19.4 Å². The van der Waals surface area contributed by atoms with Crippen molar-refractivity contribution in [3.63, 3.8) is 0 Å². The van der Waals surface area contributed by atoms with Gasteiger partial charge in [-0.1, -0.05) is 13.0 Å². The van der Waals surface area contributed by atoms with E-state index in [0.717, 1.165) is 45.7 Å². The van der Waals surface area contributed by atoms with E-state index in [-0.39, 0.29) is 0 Å². The van der Waals surface area contributed by atoms with Crippen LogP contribution in [-0.2, 0) is 17.8 Å². The average molecular weight is 237 g/mol. The minimum atomic E-state index is 0.747. The lowest BCUT2D eigenvalue weighted by molar-refractivity contribution is 0.140. The van der Waals surface area contributed by atoms with Crippen LogP contribution < -0.4 is 5.32 Å². The van der Waals surface area contributed by atoms with Gasteiger partial charge in [-0.2, -0.15) is 5.10 Å². The number of rotatable bonds is 10. The zero-order valence-corrected chi connectivity index (χ0v) is 10.7. The monoisotopic (exact) mass is 237 g/mol. The molecule has 1 N–H and O–H groups in total. The Labute approximate surface area is 104 Å². The zero-order chi connectivity index (χ0) is 12.3. The van der Waals surface area contributed by atoms with Gasteiger partial charge >= 0.3 is 0 Å². The Morgan fingerprint density at radius 2 is 2.41 bits per heavy atom. The Bertz CT molecular complexity index is 309. The first-order chi connectivity index (χ1) is 8.36. The molecular formula is C13H23N3O. The summed E-state index contributed by atoms with van der Waals surface area (Å²) in [4.78, 5) is 0. The van der Waals surface area contributed by atoms with Crippen molar-refractivity contribution in [2.45, 2.75) is 32.9 Å². The molecule has 0 atom stereocenters. The average Bonchev–Trinajstić information content (AvgIpc) is 2.76. The van der Waals surface area contributed by atoms with E-state index in [9.17, 15) is 0 Å². The van der Waals surface area contributed by atoms with E-state index in [1.807, 2.05) is 17.0 Å². The van der Waals surface area contributed by atoms with Crippen molar-refractivity contribution in [2.24, 2.45) is 0 Å². The number of nitrogens with zero attached hydrogens (tertiary/aromatic N) is 2. The van der Waals surface area contributed by atoms with Crippen LogP contribution in [0.4, 0.5) is 0 Å². The molecule has 1 aromatic rings. The third kappa shape index (κ3) is 6.24. The van der Waals surface area contributed by atoms with Gasteiger partial charge < -0.3 is 10.1 Å². The van der Waals surface area contributed by atoms with E-state index in [1.54, 1.807) is 0 Å². The Morgan fingerprint density at radius 3 is 3.18 bits per heavy atom. The molecule has 4 heteroatoms. The van der Waals surface area contributed by atoms with Crippen molar-refractivity contribution in [3.05, 3.63) is 30.6 Å². The standard InChI is InChI=1S/C13H23N3O/c1-3-5-8-17-9-6-14-10-13-11-15-16(12-13)7-4-2/h3,11-12,14H,1,4-10H2,2H3. The highest BCUT2D eigenvalue weighted by Gasteiger charge is 1.97. The second-order valence-electron chi connectivity index (χ2n) is 3.98. The molecule has 0 saturated heterocycles. The van der Waals surface area contributed by atoms with Crippen molar-refractivity contribution in [1.82, 2.24) is 15.1 Å². The van der Waals surface area contributed by atoms with Crippen LogP contribution in [0.5, 0.6) is 0 Å². The Morgan fingerprint density at radius 1 is 1.53 bits per heavy atom. The van der Waals surface area contributed by atoms with E-state index < -0.39 is 0 Å². The molecule has 0 aliphatic carbocycles. The highest BCUT2D eigenvalue weighted by molar-refractivity contribution is 5.03. The lowest BCUT2D eigenvalue weighted by Crippen LogP contribution is -2.19. The third-order valence-electron chi connectivity index (χ3n) is 2.36. The maximum atomic E-state index is 5.40. The van der Waals surface area contributed by atoms with Crippen molar-refractivity contribution in [3.8, 4) is 0 Å². The molecule has 17 heavy (non-hydrogen) atoms.